The van der Waals surface area contributed by atoms with Crippen molar-refractivity contribution in [3.8, 4) is 0 Å². The highest BCUT2D eigenvalue weighted by Gasteiger charge is 2.15. The van der Waals surface area contributed by atoms with Crippen molar-refractivity contribution in [1.29, 1.82) is 0 Å². The number of nitrogens with one attached hydrogen (secondary N) is 2. The molecule has 0 aliphatic carbocycles. The van der Waals surface area contributed by atoms with E-state index in [9.17, 15) is 9.90 Å². The van der Waals surface area contributed by atoms with Crippen molar-refractivity contribution in [3.63, 3.8) is 0 Å². The Kier molecular flexibility index (Phi) is 5.95. The molecule has 6 nitrogen and oxygen atoms in total. The first-order valence-corrected chi connectivity index (χ1v) is 8.80. The Balaban J connectivity index is 1.50. The van der Waals surface area contributed by atoms with Crippen molar-refractivity contribution in [2.75, 3.05) is 24.5 Å². The Hall–Kier alpha value is -2.47. The van der Waals surface area contributed by atoms with Crippen LogP contribution in [0.2, 0.25) is 0 Å². The Bertz CT molecular complexity index is 666. The van der Waals surface area contributed by atoms with Crippen LogP contribution in [0.1, 0.15) is 36.7 Å². The Labute approximate surface area is 147 Å². The molecule has 3 rings (SSSR count). The molecule has 1 aliphatic rings. The zero-order chi connectivity index (χ0) is 17.5. The number of rotatable bonds is 6. The number of urea groups is 1. The molecule has 0 spiro atoms. The molecule has 2 amide bonds. The van der Waals surface area contributed by atoms with Crippen LogP contribution in [0, 0.1) is 0 Å². The molecule has 134 valence electrons. The Morgan fingerprint density at radius 1 is 1.12 bits per heavy atom. The number of furan rings is 1. The van der Waals surface area contributed by atoms with Gasteiger partial charge in [0.05, 0.1) is 12.8 Å². The summed E-state index contributed by atoms with van der Waals surface area (Å²) in [5.74, 6) is 0.441. The lowest BCUT2D eigenvalue weighted by Gasteiger charge is -2.30. The second-order valence-corrected chi connectivity index (χ2v) is 6.27. The topological polar surface area (TPSA) is 77.7 Å². The summed E-state index contributed by atoms with van der Waals surface area (Å²) in [5.41, 5.74) is 2.30. The molecule has 1 fully saturated rings. The lowest BCUT2D eigenvalue weighted by atomic mass is 10.1. The fraction of sp³-hybridized carbons (Fsp3) is 0.421. The number of nitrogens with zero attached hydrogens (tertiary/aromatic N) is 1. The smallest absolute Gasteiger partial charge is 0.315 e. The van der Waals surface area contributed by atoms with Crippen LogP contribution in [-0.2, 0) is 6.54 Å². The zero-order valence-electron chi connectivity index (χ0n) is 14.3. The van der Waals surface area contributed by atoms with Gasteiger partial charge in [0, 0.05) is 25.3 Å². The quantitative estimate of drug-likeness (QED) is 0.754. The highest BCUT2D eigenvalue weighted by molar-refractivity contribution is 5.74. The zero-order valence-corrected chi connectivity index (χ0v) is 14.3. The first-order valence-electron chi connectivity index (χ1n) is 8.80. The highest BCUT2D eigenvalue weighted by atomic mass is 16.4. The van der Waals surface area contributed by atoms with Crippen LogP contribution < -0.4 is 15.5 Å². The molecule has 1 aromatic carbocycles. The van der Waals surface area contributed by atoms with Gasteiger partial charge in [-0.1, -0.05) is 18.2 Å². The number of aliphatic hydroxyl groups is 1. The lowest BCUT2D eigenvalue weighted by molar-refractivity contribution is 0.148. The van der Waals surface area contributed by atoms with Gasteiger partial charge in [0.15, 0.2) is 0 Å². The molecular weight excluding hydrogens is 318 g/mol. The molecule has 6 heteroatoms. The van der Waals surface area contributed by atoms with Gasteiger partial charge in [-0.3, -0.25) is 0 Å². The highest BCUT2D eigenvalue weighted by Crippen LogP contribution is 2.24. The maximum absolute atomic E-state index is 12.0. The summed E-state index contributed by atoms with van der Waals surface area (Å²) in [6.07, 6.45) is 4.37. The van der Waals surface area contributed by atoms with E-state index in [1.807, 2.05) is 18.2 Å². The van der Waals surface area contributed by atoms with E-state index in [1.165, 1.54) is 31.2 Å². The van der Waals surface area contributed by atoms with E-state index in [1.54, 1.807) is 12.1 Å². The van der Waals surface area contributed by atoms with E-state index in [0.717, 1.165) is 18.7 Å². The molecule has 0 bridgehead atoms. The minimum Gasteiger partial charge on any atom is -0.467 e. The molecule has 1 unspecified atom stereocenters. The van der Waals surface area contributed by atoms with Crippen LogP contribution in [0.15, 0.2) is 47.1 Å². The first kappa shape index (κ1) is 17.4. The molecule has 1 saturated heterocycles. The molecule has 2 aromatic rings. The van der Waals surface area contributed by atoms with Gasteiger partial charge in [0.25, 0.3) is 0 Å². The van der Waals surface area contributed by atoms with Crippen LogP contribution >= 0.6 is 0 Å². The van der Waals surface area contributed by atoms with E-state index in [0.29, 0.717) is 12.3 Å². The number of amides is 2. The number of carbonyl (C=O) groups excluding carboxylic acids is 1. The number of aliphatic hydroxyl groups excluding tert-OH is 1. The van der Waals surface area contributed by atoms with Crippen molar-refractivity contribution in [1.82, 2.24) is 10.6 Å². The van der Waals surface area contributed by atoms with E-state index in [4.69, 9.17) is 4.42 Å². The average molecular weight is 343 g/mol. The van der Waals surface area contributed by atoms with Crippen molar-refractivity contribution in [3.05, 3.63) is 54.0 Å². The molecule has 2 heterocycles. The SMILES string of the molecule is O=C(NCc1ccccc1N1CCCCC1)NCC(O)c1ccco1. The van der Waals surface area contributed by atoms with E-state index >= 15 is 0 Å². The minimum atomic E-state index is -0.846. The standard InChI is InChI=1S/C19H25N3O3/c23-17(18-9-6-12-25-18)14-21-19(24)20-13-15-7-2-3-8-16(15)22-10-4-1-5-11-22/h2-3,6-9,12,17,23H,1,4-5,10-11,13-14H2,(H2,20,21,24). The lowest BCUT2D eigenvalue weighted by Crippen LogP contribution is -2.38. The molecule has 0 saturated carbocycles. The van der Waals surface area contributed by atoms with Gasteiger partial charge >= 0.3 is 6.03 Å². The third-order valence-corrected chi connectivity index (χ3v) is 4.46. The number of para-hydroxylation sites is 1. The normalized spacial score (nSPS) is 15.6. The number of carbonyl (C=O) groups is 1. The van der Waals surface area contributed by atoms with Gasteiger partial charge in [-0.15, -0.1) is 0 Å². The number of anilines is 1. The molecule has 0 radical (unpaired) electrons. The van der Waals surface area contributed by atoms with Crippen molar-refractivity contribution >= 4 is 11.7 Å². The van der Waals surface area contributed by atoms with Crippen molar-refractivity contribution in [2.24, 2.45) is 0 Å². The summed E-state index contributed by atoms with van der Waals surface area (Å²) in [4.78, 5) is 14.4. The molecule has 25 heavy (non-hydrogen) atoms. The van der Waals surface area contributed by atoms with Gasteiger partial charge in [0.1, 0.15) is 11.9 Å². The summed E-state index contributed by atoms with van der Waals surface area (Å²) in [5, 5.41) is 15.4. The largest absolute Gasteiger partial charge is 0.467 e. The monoisotopic (exact) mass is 343 g/mol. The molecule has 1 aromatic heterocycles. The summed E-state index contributed by atoms with van der Waals surface area (Å²) >= 11 is 0. The fourth-order valence-corrected chi connectivity index (χ4v) is 3.11. The van der Waals surface area contributed by atoms with Crippen LogP contribution in [0.25, 0.3) is 0 Å². The summed E-state index contributed by atoms with van der Waals surface area (Å²) < 4.78 is 5.11. The third kappa shape index (κ3) is 4.76. The van der Waals surface area contributed by atoms with Gasteiger partial charge in [-0.05, 0) is 43.0 Å². The van der Waals surface area contributed by atoms with Crippen molar-refractivity contribution < 1.29 is 14.3 Å². The Morgan fingerprint density at radius 2 is 1.92 bits per heavy atom. The van der Waals surface area contributed by atoms with Gasteiger partial charge in [-0.25, -0.2) is 4.79 Å². The van der Waals surface area contributed by atoms with Crippen LogP contribution in [0.3, 0.4) is 0 Å². The third-order valence-electron chi connectivity index (χ3n) is 4.46. The van der Waals surface area contributed by atoms with E-state index in [2.05, 4.69) is 21.6 Å². The Morgan fingerprint density at radius 3 is 2.68 bits per heavy atom. The van der Waals surface area contributed by atoms with Gasteiger partial charge in [-0.2, -0.15) is 0 Å². The number of piperidine rings is 1. The minimum absolute atomic E-state index is 0.104. The predicted molar refractivity (Wildman–Crippen MR) is 96.4 cm³/mol. The van der Waals surface area contributed by atoms with E-state index in [-0.39, 0.29) is 12.6 Å². The predicted octanol–water partition coefficient (Wildman–Crippen LogP) is 2.80. The first-order chi connectivity index (χ1) is 12.2. The second-order valence-electron chi connectivity index (χ2n) is 6.27. The molecule has 1 aliphatic heterocycles. The number of benzene rings is 1. The van der Waals surface area contributed by atoms with E-state index < -0.39 is 6.10 Å². The number of hydrogen-bond acceptors (Lipinski definition) is 4. The molecule has 3 N–H and O–H groups in total. The van der Waals surface area contributed by atoms with Crippen LogP contribution in [0.4, 0.5) is 10.5 Å². The molecular formula is C19H25N3O3. The fourth-order valence-electron chi connectivity index (χ4n) is 3.11. The van der Waals surface area contributed by atoms with Gasteiger partial charge < -0.3 is 25.1 Å². The maximum Gasteiger partial charge on any atom is 0.315 e. The summed E-state index contributed by atoms with van der Waals surface area (Å²) in [7, 11) is 0. The van der Waals surface area contributed by atoms with Crippen molar-refractivity contribution in [2.45, 2.75) is 31.9 Å². The summed E-state index contributed by atoms with van der Waals surface area (Å²) in [6, 6.07) is 11.3. The maximum atomic E-state index is 12.0. The summed E-state index contributed by atoms with van der Waals surface area (Å²) in [6.45, 7) is 2.69. The average Bonchev–Trinajstić information content (AvgIpc) is 3.20. The van der Waals surface area contributed by atoms with Crippen LogP contribution in [0.5, 0.6) is 0 Å². The molecule has 1 atom stereocenters. The van der Waals surface area contributed by atoms with Crippen LogP contribution in [-0.4, -0.2) is 30.8 Å². The second kappa shape index (κ2) is 8.58. The van der Waals surface area contributed by atoms with Gasteiger partial charge in [0.2, 0.25) is 0 Å². The number of hydrogen-bond donors (Lipinski definition) is 3.